The molecular weight excluding hydrogens is 186 g/mol. The van der Waals surface area contributed by atoms with Crippen LogP contribution in [0.25, 0.3) is 0 Å². The molecule has 1 aromatic heterocycles. The highest BCUT2D eigenvalue weighted by Crippen LogP contribution is 2.40. The average Bonchev–Trinajstić information content (AvgIpc) is 2.20. The van der Waals surface area contributed by atoms with E-state index in [-0.39, 0.29) is 5.41 Å². The maximum Gasteiger partial charge on any atom is 0.129 e. The second-order valence-corrected chi connectivity index (χ2v) is 5.03. The van der Waals surface area contributed by atoms with Gasteiger partial charge in [-0.05, 0) is 25.0 Å². The third-order valence-electron chi connectivity index (χ3n) is 3.66. The van der Waals surface area contributed by atoms with E-state index in [1.807, 2.05) is 12.3 Å². The summed E-state index contributed by atoms with van der Waals surface area (Å²) < 4.78 is 0. The van der Waals surface area contributed by atoms with Crippen LogP contribution in [-0.2, 0) is 0 Å². The fourth-order valence-corrected chi connectivity index (χ4v) is 2.01. The first-order valence-corrected chi connectivity index (χ1v) is 5.45. The highest BCUT2D eigenvalue weighted by atomic mass is 15.1. The van der Waals surface area contributed by atoms with Gasteiger partial charge >= 0.3 is 0 Å². The Morgan fingerprint density at radius 3 is 2.80 bits per heavy atom. The first-order valence-electron chi connectivity index (χ1n) is 5.45. The van der Waals surface area contributed by atoms with Gasteiger partial charge in [-0.25, -0.2) is 4.98 Å². The van der Waals surface area contributed by atoms with E-state index in [0.29, 0.717) is 12.1 Å². The van der Waals surface area contributed by atoms with Crippen molar-refractivity contribution >= 4 is 5.82 Å². The molecule has 0 spiro atoms. The first-order chi connectivity index (χ1) is 7.01. The van der Waals surface area contributed by atoms with Crippen LogP contribution in [-0.4, -0.2) is 17.1 Å². The Kier molecular flexibility index (Phi) is 2.43. The number of nitrogens with zero attached hydrogens (tertiary/aromatic N) is 1. The fraction of sp³-hybridized carbons (Fsp3) is 0.583. The zero-order valence-electron chi connectivity index (χ0n) is 9.62. The van der Waals surface area contributed by atoms with E-state index in [2.05, 4.69) is 37.1 Å². The lowest BCUT2D eigenvalue weighted by molar-refractivity contribution is 0.117. The van der Waals surface area contributed by atoms with Crippen molar-refractivity contribution in [1.82, 2.24) is 4.98 Å². The number of aromatic nitrogens is 1. The van der Waals surface area contributed by atoms with Gasteiger partial charge in [0, 0.05) is 23.7 Å². The van der Waals surface area contributed by atoms with E-state index in [1.54, 1.807) is 0 Å². The van der Waals surface area contributed by atoms with Crippen LogP contribution in [0, 0.1) is 12.3 Å². The lowest BCUT2D eigenvalue weighted by Gasteiger charge is -2.50. The molecule has 2 unspecified atom stereocenters. The second kappa shape index (κ2) is 3.49. The summed E-state index contributed by atoms with van der Waals surface area (Å²) in [6.45, 7) is 6.48. The Morgan fingerprint density at radius 1 is 1.53 bits per heavy atom. The normalized spacial score (nSPS) is 28.3. The molecule has 1 aliphatic carbocycles. The molecule has 2 rings (SSSR count). The number of nitrogens with one attached hydrogen (secondary N) is 1. The molecule has 3 nitrogen and oxygen atoms in total. The minimum atomic E-state index is 0.171. The molecule has 3 N–H and O–H groups in total. The molecule has 1 saturated carbocycles. The van der Waals surface area contributed by atoms with Crippen molar-refractivity contribution in [2.75, 3.05) is 5.32 Å². The van der Waals surface area contributed by atoms with Crippen molar-refractivity contribution in [3.05, 3.63) is 23.9 Å². The molecule has 0 bridgehead atoms. The average molecular weight is 205 g/mol. The van der Waals surface area contributed by atoms with Gasteiger partial charge in [-0.15, -0.1) is 0 Å². The molecular formula is C12H19N3. The van der Waals surface area contributed by atoms with Crippen molar-refractivity contribution < 1.29 is 0 Å². The van der Waals surface area contributed by atoms with Crippen LogP contribution >= 0.6 is 0 Å². The van der Waals surface area contributed by atoms with Crippen LogP contribution in [0.4, 0.5) is 5.82 Å². The van der Waals surface area contributed by atoms with Gasteiger partial charge in [0.2, 0.25) is 0 Å². The number of pyridine rings is 1. The van der Waals surface area contributed by atoms with E-state index < -0.39 is 0 Å². The van der Waals surface area contributed by atoms with Gasteiger partial charge in [0.25, 0.3) is 0 Å². The monoisotopic (exact) mass is 205 g/mol. The summed E-state index contributed by atoms with van der Waals surface area (Å²) in [5.74, 6) is 0.988. The first kappa shape index (κ1) is 10.4. The van der Waals surface area contributed by atoms with Crippen molar-refractivity contribution in [3.63, 3.8) is 0 Å². The number of rotatable bonds is 2. The molecule has 3 heteroatoms. The summed E-state index contributed by atoms with van der Waals surface area (Å²) in [7, 11) is 0. The van der Waals surface area contributed by atoms with Crippen molar-refractivity contribution in [2.24, 2.45) is 11.1 Å². The van der Waals surface area contributed by atoms with Crippen LogP contribution < -0.4 is 11.1 Å². The zero-order chi connectivity index (χ0) is 11.1. The van der Waals surface area contributed by atoms with Crippen LogP contribution in [0.1, 0.15) is 25.8 Å². The van der Waals surface area contributed by atoms with Gasteiger partial charge in [-0.3, -0.25) is 0 Å². The molecule has 2 atom stereocenters. The smallest absolute Gasteiger partial charge is 0.129 e. The predicted octanol–water partition coefficient (Wildman–Crippen LogP) is 1.93. The molecule has 1 aliphatic rings. The standard InChI is InChI=1S/C12H19N3/c1-8-5-4-6-14-11(8)15-10-7-9(13)12(10,2)3/h4-6,9-10H,7,13H2,1-3H3,(H,14,15). The molecule has 0 amide bonds. The van der Waals surface area contributed by atoms with Gasteiger partial charge in [0.1, 0.15) is 5.82 Å². The SMILES string of the molecule is Cc1cccnc1NC1CC(N)C1(C)C. The van der Waals surface area contributed by atoms with Gasteiger partial charge in [-0.1, -0.05) is 19.9 Å². The highest BCUT2D eigenvalue weighted by Gasteiger charge is 2.46. The lowest BCUT2D eigenvalue weighted by atomic mass is 9.63. The molecule has 15 heavy (non-hydrogen) atoms. The van der Waals surface area contributed by atoms with Crippen molar-refractivity contribution in [1.29, 1.82) is 0 Å². The predicted molar refractivity (Wildman–Crippen MR) is 62.8 cm³/mol. The Balaban J connectivity index is 2.08. The van der Waals surface area contributed by atoms with Crippen LogP contribution in [0.15, 0.2) is 18.3 Å². The summed E-state index contributed by atoms with van der Waals surface area (Å²) in [6.07, 6.45) is 2.85. The Hall–Kier alpha value is -1.09. The quantitative estimate of drug-likeness (QED) is 0.775. The summed E-state index contributed by atoms with van der Waals surface area (Å²) in [5.41, 5.74) is 7.34. The summed E-state index contributed by atoms with van der Waals surface area (Å²) >= 11 is 0. The highest BCUT2D eigenvalue weighted by molar-refractivity contribution is 5.44. The minimum Gasteiger partial charge on any atom is -0.366 e. The summed E-state index contributed by atoms with van der Waals surface area (Å²) in [4.78, 5) is 4.34. The fourth-order valence-electron chi connectivity index (χ4n) is 2.01. The van der Waals surface area contributed by atoms with Crippen LogP contribution in [0.2, 0.25) is 0 Å². The minimum absolute atomic E-state index is 0.171. The molecule has 1 heterocycles. The van der Waals surface area contributed by atoms with Gasteiger partial charge < -0.3 is 11.1 Å². The maximum atomic E-state index is 5.98. The van der Waals surface area contributed by atoms with E-state index in [9.17, 15) is 0 Å². The molecule has 0 aliphatic heterocycles. The molecule has 0 aromatic carbocycles. The summed E-state index contributed by atoms with van der Waals surface area (Å²) in [5, 5.41) is 3.48. The Morgan fingerprint density at radius 2 is 2.27 bits per heavy atom. The molecule has 1 fully saturated rings. The lowest BCUT2D eigenvalue weighted by Crippen LogP contribution is -2.61. The van der Waals surface area contributed by atoms with Crippen molar-refractivity contribution in [2.45, 2.75) is 39.3 Å². The Bertz CT molecular complexity index is 360. The zero-order valence-corrected chi connectivity index (χ0v) is 9.62. The van der Waals surface area contributed by atoms with E-state index in [4.69, 9.17) is 5.73 Å². The second-order valence-electron chi connectivity index (χ2n) is 5.03. The van der Waals surface area contributed by atoms with Gasteiger partial charge in [0.15, 0.2) is 0 Å². The summed E-state index contributed by atoms with van der Waals surface area (Å²) in [6, 6.07) is 4.78. The number of aryl methyl sites for hydroxylation is 1. The molecule has 0 radical (unpaired) electrons. The molecule has 82 valence electrons. The third kappa shape index (κ3) is 1.72. The van der Waals surface area contributed by atoms with E-state index in [0.717, 1.165) is 12.2 Å². The number of nitrogens with two attached hydrogens (primary N) is 1. The van der Waals surface area contributed by atoms with E-state index in [1.165, 1.54) is 5.56 Å². The Labute approximate surface area is 91.1 Å². The number of hydrogen-bond donors (Lipinski definition) is 2. The number of hydrogen-bond acceptors (Lipinski definition) is 3. The third-order valence-corrected chi connectivity index (χ3v) is 3.66. The maximum absolute atomic E-state index is 5.98. The molecule has 1 aromatic rings. The van der Waals surface area contributed by atoms with Crippen LogP contribution in [0.5, 0.6) is 0 Å². The number of anilines is 1. The largest absolute Gasteiger partial charge is 0.366 e. The van der Waals surface area contributed by atoms with Crippen molar-refractivity contribution in [3.8, 4) is 0 Å². The van der Waals surface area contributed by atoms with Gasteiger partial charge in [-0.2, -0.15) is 0 Å². The molecule has 0 saturated heterocycles. The van der Waals surface area contributed by atoms with Gasteiger partial charge in [0.05, 0.1) is 0 Å². The van der Waals surface area contributed by atoms with Crippen LogP contribution in [0.3, 0.4) is 0 Å². The topological polar surface area (TPSA) is 50.9 Å². The van der Waals surface area contributed by atoms with E-state index >= 15 is 0 Å².